The lowest BCUT2D eigenvalue weighted by Gasteiger charge is -2.20. The minimum Gasteiger partial charge on any atom is -0.392 e. The van der Waals surface area contributed by atoms with Crippen molar-refractivity contribution >= 4 is 27.3 Å². The predicted molar refractivity (Wildman–Crippen MR) is 72.9 cm³/mol. The van der Waals surface area contributed by atoms with Crippen molar-refractivity contribution in [3.8, 4) is 0 Å². The summed E-state index contributed by atoms with van der Waals surface area (Å²) in [6.45, 7) is 0. The summed E-state index contributed by atoms with van der Waals surface area (Å²) in [5.41, 5.74) is 0. The molecule has 0 spiro atoms. The molecular formula is C13H19BrOS. The van der Waals surface area contributed by atoms with Gasteiger partial charge in [-0.3, -0.25) is 0 Å². The summed E-state index contributed by atoms with van der Waals surface area (Å²) in [5.74, 6) is 0.525. The number of aliphatic hydroxyl groups excluding tert-OH is 1. The van der Waals surface area contributed by atoms with E-state index in [1.807, 2.05) is 0 Å². The minimum absolute atomic E-state index is 0.145. The molecule has 1 unspecified atom stereocenters. The highest BCUT2D eigenvalue weighted by Gasteiger charge is 2.21. The topological polar surface area (TPSA) is 20.2 Å². The van der Waals surface area contributed by atoms with Gasteiger partial charge in [-0.05, 0) is 46.1 Å². The first-order valence-electron chi connectivity index (χ1n) is 6.17. The van der Waals surface area contributed by atoms with E-state index in [2.05, 4.69) is 27.4 Å². The smallest absolute Gasteiger partial charge is 0.0616 e. The predicted octanol–water partition coefficient (Wildman–Crippen LogP) is 4.38. The van der Waals surface area contributed by atoms with Gasteiger partial charge in [-0.15, -0.1) is 11.3 Å². The lowest BCUT2D eigenvalue weighted by atomic mass is 9.92. The lowest BCUT2D eigenvalue weighted by molar-refractivity contribution is 0.0992. The van der Waals surface area contributed by atoms with Crippen molar-refractivity contribution in [2.24, 2.45) is 5.92 Å². The Hall–Kier alpha value is 0.140. The van der Waals surface area contributed by atoms with Gasteiger partial charge in [-0.1, -0.05) is 25.7 Å². The number of rotatable bonds is 3. The molecule has 0 aliphatic heterocycles. The van der Waals surface area contributed by atoms with E-state index in [0.717, 1.165) is 10.9 Å². The van der Waals surface area contributed by atoms with Crippen molar-refractivity contribution in [3.63, 3.8) is 0 Å². The van der Waals surface area contributed by atoms with Gasteiger partial charge in [0.15, 0.2) is 0 Å². The van der Waals surface area contributed by atoms with Crippen LogP contribution in [0.5, 0.6) is 0 Å². The fourth-order valence-electron chi connectivity index (χ4n) is 2.52. The van der Waals surface area contributed by atoms with Crippen LogP contribution < -0.4 is 0 Å². The van der Waals surface area contributed by atoms with E-state index < -0.39 is 0 Å². The lowest BCUT2D eigenvalue weighted by Crippen LogP contribution is -2.22. The zero-order chi connectivity index (χ0) is 11.4. The molecular weight excluding hydrogens is 284 g/mol. The van der Waals surface area contributed by atoms with Crippen LogP contribution in [0.4, 0.5) is 0 Å². The summed E-state index contributed by atoms with van der Waals surface area (Å²) in [4.78, 5) is 1.29. The fourth-order valence-corrected chi connectivity index (χ4v) is 4.09. The molecule has 90 valence electrons. The Morgan fingerprint density at radius 1 is 1.31 bits per heavy atom. The molecule has 0 bridgehead atoms. The molecule has 16 heavy (non-hydrogen) atoms. The van der Waals surface area contributed by atoms with E-state index in [1.165, 1.54) is 43.4 Å². The summed E-state index contributed by atoms with van der Waals surface area (Å²) in [6.07, 6.45) is 8.41. The van der Waals surface area contributed by atoms with Crippen molar-refractivity contribution in [1.29, 1.82) is 0 Å². The third kappa shape index (κ3) is 3.31. The van der Waals surface area contributed by atoms with E-state index in [9.17, 15) is 5.11 Å². The van der Waals surface area contributed by atoms with Crippen LogP contribution in [0, 0.1) is 5.92 Å². The number of aliphatic hydroxyl groups is 1. The van der Waals surface area contributed by atoms with E-state index in [0.29, 0.717) is 5.92 Å². The van der Waals surface area contributed by atoms with Crippen LogP contribution in [-0.2, 0) is 6.42 Å². The second kappa shape index (κ2) is 6.18. The normalized spacial score (nSPS) is 20.6. The van der Waals surface area contributed by atoms with E-state index in [4.69, 9.17) is 0 Å². The van der Waals surface area contributed by atoms with Gasteiger partial charge in [-0.2, -0.15) is 0 Å². The minimum atomic E-state index is -0.145. The Balaban J connectivity index is 1.91. The van der Waals surface area contributed by atoms with Crippen molar-refractivity contribution in [2.75, 3.05) is 0 Å². The molecule has 1 saturated carbocycles. The van der Waals surface area contributed by atoms with Crippen LogP contribution in [0.15, 0.2) is 15.9 Å². The SMILES string of the molecule is OC(Cc1sccc1Br)C1CCCCCC1. The molecule has 1 aliphatic carbocycles. The summed E-state index contributed by atoms with van der Waals surface area (Å²) in [6, 6.07) is 2.07. The van der Waals surface area contributed by atoms with Gasteiger partial charge in [0.2, 0.25) is 0 Å². The molecule has 1 nitrogen and oxygen atoms in total. The molecule has 1 aromatic heterocycles. The molecule has 0 radical (unpaired) electrons. The standard InChI is InChI=1S/C13H19BrOS/c14-11-7-8-16-13(11)9-12(15)10-5-3-1-2-4-6-10/h7-8,10,12,15H,1-6,9H2. The van der Waals surface area contributed by atoms with Crippen molar-refractivity contribution < 1.29 is 5.11 Å². The van der Waals surface area contributed by atoms with Crippen molar-refractivity contribution in [1.82, 2.24) is 0 Å². The Morgan fingerprint density at radius 3 is 2.56 bits per heavy atom. The molecule has 1 aliphatic rings. The molecule has 3 heteroatoms. The third-order valence-corrected chi connectivity index (χ3v) is 5.48. The van der Waals surface area contributed by atoms with Gasteiger partial charge in [0.25, 0.3) is 0 Å². The average Bonchev–Trinajstić information content (AvgIpc) is 2.57. The second-order valence-corrected chi connectivity index (χ2v) is 6.57. The molecule has 1 heterocycles. The summed E-state index contributed by atoms with van der Waals surface area (Å²) < 4.78 is 1.16. The molecule has 1 fully saturated rings. The Morgan fingerprint density at radius 2 is 2.00 bits per heavy atom. The van der Waals surface area contributed by atoms with Gasteiger partial charge in [0.05, 0.1) is 6.10 Å². The molecule has 0 amide bonds. The largest absolute Gasteiger partial charge is 0.392 e. The third-order valence-electron chi connectivity index (χ3n) is 3.53. The van der Waals surface area contributed by atoms with Gasteiger partial charge < -0.3 is 5.11 Å². The maximum atomic E-state index is 10.3. The monoisotopic (exact) mass is 302 g/mol. The average molecular weight is 303 g/mol. The van der Waals surface area contributed by atoms with Crippen LogP contribution in [-0.4, -0.2) is 11.2 Å². The first kappa shape index (κ1) is 12.6. The molecule has 1 aromatic rings. The highest BCUT2D eigenvalue weighted by Crippen LogP contribution is 2.30. The first-order chi connectivity index (χ1) is 7.77. The highest BCUT2D eigenvalue weighted by atomic mass is 79.9. The maximum Gasteiger partial charge on any atom is 0.0616 e. The number of thiophene rings is 1. The zero-order valence-electron chi connectivity index (χ0n) is 9.49. The molecule has 1 atom stereocenters. The number of halogens is 1. The molecule has 0 saturated heterocycles. The number of hydrogen-bond acceptors (Lipinski definition) is 2. The highest BCUT2D eigenvalue weighted by molar-refractivity contribution is 9.10. The summed E-state index contributed by atoms with van der Waals surface area (Å²) >= 11 is 5.27. The molecule has 0 aromatic carbocycles. The molecule has 1 N–H and O–H groups in total. The van der Waals surface area contributed by atoms with E-state index in [1.54, 1.807) is 11.3 Å². The van der Waals surface area contributed by atoms with Crippen LogP contribution >= 0.6 is 27.3 Å². The Kier molecular flexibility index (Phi) is 4.86. The first-order valence-corrected chi connectivity index (χ1v) is 7.84. The van der Waals surface area contributed by atoms with E-state index >= 15 is 0 Å². The second-order valence-electron chi connectivity index (χ2n) is 4.71. The summed E-state index contributed by atoms with van der Waals surface area (Å²) in [5, 5.41) is 12.4. The Bertz CT molecular complexity index is 315. The maximum absolute atomic E-state index is 10.3. The van der Waals surface area contributed by atoms with Gasteiger partial charge in [0, 0.05) is 15.8 Å². The van der Waals surface area contributed by atoms with Crippen LogP contribution in [0.25, 0.3) is 0 Å². The van der Waals surface area contributed by atoms with Crippen LogP contribution in [0.3, 0.4) is 0 Å². The van der Waals surface area contributed by atoms with Crippen molar-refractivity contribution in [3.05, 3.63) is 20.8 Å². The quantitative estimate of drug-likeness (QED) is 0.821. The fraction of sp³-hybridized carbons (Fsp3) is 0.692. The summed E-state index contributed by atoms with van der Waals surface area (Å²) in [7, 11) is 0. The van der Waals surface area contributed by atoms with E-state index in [-0.39, 0.29) is 6.10 Å². The van der Waals surface area contributed by atoms with Gasteiger partial charge >= 0.3 is 0 Å². The van der Waals surface area contributed by atoms with Gasteiger partial charge in [0.1, 0.15) is 0 Å². The number of hydrogen-bond donors (Lipinski definition) is 1. The zero-order valence-corrected chi connectivity index (χ0v) is 11.9. The molecule has 2 rings (SSSR count). The van der Waals surface area contributed by atoms with Gasteiger partial charge in [-0.25, -0.2) is 0 Å². The van der Waals surface area contributed by atoms with Crippen LogP contribution in [0.1, 0.15) is 43.4 Å². The van der Waals surface area contributed by atoms with Crippen LogP contribution in [0.2, 0.25) is 0 Å². The Labute approximate surface area is 110 Å². The van der Waals surface area contributed by atoms with Crippen molar-refractivity contribution in [2.45, 2.75) is 51.0 Å².